The van der Waals surface area contributed by atoms with Gasteiger partial charge in [-0.3, -0.25) is 0 Å². The molecular weight excluding hydrogens is 464 g/mol. The number of esters is 1. The molecule has 3 heterocycles. The normalized spacial score (nSPS) is 14.4. The van der Waals surface area contributed by atoms with Gasteiger partial charge >= 0.3 is 5.97 Å². The van der Waals surface area contributed by atoms with Crippen LogP contribution < -0.4 is 5.32 Å². The lowest BCUT2D eigenvalue weighted by molar-refractivity contribution is 0.0514. The molecule has 1 saturated heterocycles. The van der Waals surface area contributed by atoms with Crippen LogP contribution in [-0.2, 0) is 4.74 Å². The number of likely N-dealkylation sites (tertiary alicyclic amines) is 1. The van der Waals surface area contributed by atoms with Gasteiger partial charge in [-0.2, -0.15) is 0 Å². The first-order valence-electron chi connectivity index (χ1n) is 10.4. The molecule has 1 aliphatic rings. The maximum atomic E-state index is 11.8. The minimum Gasteiger partial charge on any atom is -0.461 e. The van der Waals surface area contributed by atoms with Gasteiger partial charge in [-0.15, -0.1) is 23.1 Å². The van der Waals surface area contributed by atoms with Crippen LogP contribution >= 0.6 is 35.3 Å². The fraction of sp³-hybridized carbons (Fsp3) is 0.364. The molecule has 168 valence electrons. The van der Waals surface area contributed by atoms with E-state index in [9.17, 15) is 4.79 Å². The summed E-state index contributed by atoms with van der Waals surface area (Å²) < 4.78 is 10.3. The van der Waals surface area contributed by atoms with E-state index in [1.807, 2.05) is 17.5 Å². The van der Waals surface area contributed by atoms with Crippen LogP contribution in [0, 0.1) is 0 Å². The van der Waals surface area contributed by atoms with E-state index in [0.717, 1.165) is 41.7 Å². The van der Waals surface area contributed by atoms with Crippen molar-refractivity contribution in [2.75, 3.05) is 31.3 Å². The maximum Gasteiger partial charge on any atom is 0.360 e. The molecule has 10 heteroatoms. The van der Waals surface area contributed by atoms with Crippen LogP contribution in [0.4, 0.5) is 5.69 Å². The van der Waals surface area contributed by atoms with E-state index in [4.69, 9.17) is 26.5 Å². The summed E-state index contributed by atoms with van der Waals surface area (Å²) in [6.45, 7) is 3.80. The number of ether oxygens (including phenoxy) is 1. The van der Waals surface area contributed by atoms with Gasteiger partial charge in [0.25, 0.3) is 0 Å². The highest BCUT2D eigenvalue weighted by Gasteiger charge is 2.25. The number of thiocarbonyl (C=S) groups is 1. The number of carbonyl (C=O) groups is 1. The Labute approximate surface area is 200 Å². The number of carbonyl (C=O) groups excluding carboxylic acids is 1. The van der Waals surface area contributed by atoms with Crippen LogP contribution in [0.25, 0.3) is 11.5 Å². The van der Waals surface area contributed by atoms with Crippen molar-refractivity contribution in [3.05, 3.63) is 46.4 Å². The van der Waals surface area contributed by atoms with Gasteiger partial charge in [0, 0.05) is 35.3 Å². The Balaban J connectivity index is 1.34. The first kappa shape index (κ1) is 22.8. The molecule has 0 radical (unpaired) electrons. The molecule has 0 aliphatic carbocycles. The van der Waals surface area contributed by atoms with Crippen molar-refractivity contribution in [1.29, 1.82) is 0 Å². The summed E-state index contributed by atoms with van der Waals surface area (Å²) >= 11 is 8.98. The number of anilines is 1. The molecule has 0 spiro atoms. The van der Waals surface area contributed by atoms with E-state index in [2.05, 4.69) is 33.8 Å². The van der Waals surface area contributed by atoms with Crippen LogP contribution in [0.1, 0.15) is 41.2 Å². The van der Waals surface area contributed by atoms with Crippen molar-refractivity contribution in [2.24, 2.45) is 0 Å². The lowest BCUT2D eigenvalue weighted by atomic mass is 9.98. The average Bonchev–Trinajstić information content (AvgIpc) is 3.50. The molecule has 0 atom stereocenters. The number of thioether (sulfide) groups is 1. The second-order valence-electron chi connectivity index (χ2n) is 7.26. The van der Waals surface area contributed by atoms with Crippen LogP contribution in [-0.4, -0.2) is 52.1 Å². The topological polar surface area (TPSA) is 80.5 Å². The molecule has 1 N–H and O–H groups in total. The zero-order valence-corrected chi connectivity index (χ0v) is 20.3. The molecule has 1 aromatic carbocycles. The third-order valence-corrected chi connectivity index (χ3v) is 7.41. The molecule has 7 nitrogen and oxygen atoms in total. The van der Waals surface area contributed by atoms with E-state index in [0.29, 0.717) is 24.0 Å². The molecule has 32 heavy (non-hydrogen) atoms. The van der Waals surface area contributed by atoms with E-state index >= 15 is 0 Å². The summed E-state index contributed by atoms with van der Waals surface area (Å²) in [4.78, 5) is 19.9. The van der Waals surface area contributed by atoms with Gasteiger partial charge in [-0.1, -0.05) is 17.3 Å². The number of hydrogen-bond acceptors (Lipinski definition) is 8. The van der Waals surface area contributed by atoms with Crippen LogP contribution in [0.15, 0.2) is 45.1 Å². The lowest BCUT2D eigenvalue weighted by Crippen LogP contribution is -2.40. The van der Waals surface area contributed by atoms with Crippen LogP contribution in [0.3, 0.4) is 0 Å². The molecule has 0 unspecified atom stereocenters. The number of thiazole rings is 1. The number of benzene rings is 1. The zero-order chi connectivity index (χ0) is 22.5. The van der Waals surface area contributed by atoms with Crippen molar-refractivity contribution in [3.8, 4) is 11.5 Å². The fourth-order valence-corrected chi connectivity index (χ4v) is 5.38. The predicted octanol–water partition coefficient (Wildman–Crippen LogP) is 5.27. The molecule has 1 aliphatic heterocycles. The number of nitrogens with zero attached hydrogens (tertiary/aromatic N) is 3. The number of hydrogen-bond donors (Lipinski definition) is 1. The highest BCUT2D eigenvalue weighted by Crippen LogP contribution is 2.33. The van der Waals surface area contributed by atoms with Crippen molar-refractivity contribution in [2.45, 2.75) is 30.6 Å². The molecule has 0 amide bonds. The van der Waals surface area contributed by atoms with E-state index < -0.39 is 5.97 Å². The van der Waals surface area contributed by atoms with Crippen molar-refractivity contribution < 1.29 is 14.1 Å². The van der Waals surface area contributed by atoms with Gasteiger partial charge < -0.3 is 19.5 Å². The Morgan fingerprint density at radius 3 is 2.91 bits per heavy atom. The second-order valence-corrected chi connectivity index (χ2v) is 9.38. The minimum atomic E-state index is -0.491. The minimum absolute atomic E-state index is 0.161. The maximum absolute atomic E-state index is 11.8. The highest BCUT2D eigenvalue weighted by molar-refractivity contribution is 7.98. The monoisotopic (exact) mass is 488 g/mol. The zero-order valence-electron chi connectivity index (χ0n) is 17.9. The van der Waals surface area contributed by atoms with Gasteiger partial charge in [-0.05, 0) is 50.4 Å². The quantitative estimate of drug-likeness (QED) is 0.283. The first-order valence-corrected chi connectivity index (χ1v) is 12.9. The molecular formula is C22H24N4O3S3. The standard InChI is InChI=1S/C22H24N4O3S3/c1-3-28-21(27)16-12-18(29-25-16)17-13-32-20(23-17)14-8-10-26(11-9-14)22(30)24-15-6-4-5-7-19(15)31-2/h4-7,12-14H,3,8-11H2,1-2H3,(H,24,30). The number of nitrogens with one attached hydrogen (secondary N) is 1. The molecule has 4 rings (SSSR count). The van der Waals surface area contributed by atoms with Gasteiger partial charge in [0.1, 0.15) is 5.69 Å². The molecule has 2 aromatic heterocycles. The summed E-state index contributed by atoms with van der Waals surface area (Å²) in [6, 6.07) is 9.77. The predicted molar refractivity (Wildman–Crippen MR) is 132 cm³/mol. The molecule has 0 bridgehead atoms. The van der Waals surface area contributed by atoms with E-state index in [1.54, 1.807) is 36.1 Å². The summed E-state index contributed by atoms with van der Waals surface area (Å²) in [6.07, 6.45) is 4.01. The Morgan fingerprint density at radius 2 is 2.16 bits per heavy atom. The number of aromatic nitrogens is 2. The number of para-hydroxylation sites is 1. The molecule has 0 saturated carbocycles. The molecule has 3 aromatic rings. The smallest absolute Gasteiger partial charge is 0.360 e. The summed E-state index contributed by atoms with van der Waals surface area (Å²) in [5.41, 5.74) is 1.90. The van der Waals surface area contributed by atoms with Gasteiger partial charge in [-0.25, -0.2) is 9.78 Å². The number of piperidine rings is 1. The highest BCUT2D eigenvalue weighted by atomic mass is 32.2. The van der Waals surface area contributed by atoms with Crippen molar-refractivity contribution in [3.63, 3.8) is 0 Å². The van der Waals surface area contributed by atoms with Crippen LogP contribution in [0.2, 0.25) is 0 Å². The largest absolute Gasteiger partial charge is 0.461 e. The summed E-state index contributed by atoms with van der Waals surface area (Å²) in [7, 11) is 0. The van der Waals surface area contributed by atoms with Gasteiger partial charge in [0.05, 0.1) is 17.3 Å². The van der Waals surface area contributed by atoms with Crippen molar-refractivity contribution in [1.82, 2.24) is 15.0 Å². The summed E-state index contributed by atoms with van der Waals surface area (Å²) in [5.74, 6) is 0.361. The third kappa shape index (κ3) is 5.13. The van der Waals surface area contributed by atoms with Crippen LogP contribution in [0.5, 0.6) is 0 Å². The van der Waals surface area contributed by atoms with Crippen molar-refractivity contribution >= 4 is 52.1 Å². The third-order valence-electron chi connectivity index (χ3n) is 5.25. The Morgan fingerprint density at radius 1 is 1.38 bits per heavy atom. The fourth-order valence-electron chi connectivity index (χ4n) is 3.56. The molecule has 1 fully saturated rings. The Kier molecular flexibility index (Phi) is 7.44. The van der Waals surface area contributed by atoms with E-state index in [-0.39, 0.29) is 5.69 Å². The summed E-state index contributed by atoms with van der Waals surface area (Å²) in [5, 5.41) is 11.0. The Hall–Kier alpha value is -2.43. The lowest BCUT2D eigenvalue weighted by Gasteiger charge is -2.33. The second kappa shape index (κ2) is 10.5. The van der Waals surface area contributed by atoms with Gasteiger partial charge in [0.15, 0.2) is 16.6 Å². The average molecular weight is 489 g/mol. The Bertz CT molecular complexity index is 1090. The van der Waals surface area contributed by atoms with E-state index in [1.165, 1.54) is 4.90 Å². The SMILES string of the molecule is CCOC(=O)c1cc(-c2csc(C3CCN(C(=S)Nc4ccccc4SC)CC3)n2)on1. The van der Waals surface area contributed by atoms with Gasteiger partial charge in [0.2, 0.25) is 0 Å². The number of rotatable bonds is 6. The first-order chi connectivity index (χ1) is 15.6.